The second-order valence-corrected chi connectivity index (χ2v) is 5.22. The summed E-state index contributed by atoms with van der Waals surface area (Å²) in [5, 5.41) is 20.3. The van der Waals surface area contributed by atoms with Gasteiger partial charge in [0.05, 0.1) is 6.07 Å². The fourth-order valence-corrected chi connectivity index (χ4v) is 2.40. The van der Waals surface area contributed by atoms with Crippen molar-refractivity contribution in [2.75, 3.05) is 5.32 Å². The number of carbonyl (C=O) groups excluding carboxylic acids is 1. The molecule has 1 amide bonds. The van der Waals surface area contributed by atoms with E-state index >= 15 is 0 Å². The van der Waals surface area contributed by atoms with E-state index in [0.29, 0.717) is 17.3 Å². The van der Waals surface area contributed by atoms with Gasteiger partial charge in [-0.15, -0.1) is 10.2 Å². The number of nitrogens with zero attached hydrogens (tertiary/aromatic N) is 4. The van der Waals surface area contributed by atoms with Crippen molar-refractivity contribution in [1.29, 1.82) is 5.26 Å². The number of hydrogen-bond donors (Lipinski definition) is 1. The topological polar surface area (TPSA) is 83.6 Å². The van der Waals surface area contributed by atoms with Gasteiger partial charge in [0.2, 0.25) is 5.91 Å². The summed E-state index contributed by atoms with van der Waals surface area (Å²) >= 11 is 0. The van der Waals surface area contributed by atoms with Crippen LogP contribution in [0, 0.1) is 11.3 Å². The number of para-hydroxylation sites is 1. The van der Waals surface area contributed by atoms with Gasteiger partial charge in [-0.1, -0.05) is 48.5 Å². The first-order valence-electron chi connectivity index (χ1n) is 7.41. The number of anilines is 1. The van der Waals surface area contributed by atoms with Crippen LogP contribution in [0.5, 0.6) is 0 Å². The Morgan fingerprint density at radius 3 is 2.33 bits per heavy atom. The number of amides is 1. The van der Waals surface area contributed by atoms with Crippen molar-refractivity contribution in [3.63, 3.8) is 0 Å². The number of nitriles is 1. The van der Waals surface area contributed by atoms with E-state index in [9.17, 15) is 10.1 Å². The van der Waals surface area contributed by atoms with Crippen LogP contribution in [-0.2, 0) is 11.8 Å². The Morgan fingerprint density at radius 1 is 1.08 bits per heavy atom. The van der Waals surface area contributed by atoms with Gasteiger partial charge >= 0.3 is 0 Å². The average molecular weight is 317 g/mol. The fraction of sp³-hybridized carbons (Fsp3) is 0.111. The predicted molar refractivity (Wildman–Crippen MR) is 89.9 cm³/mol. The summed E-state index contributed by atoms with van der Waals surface area (Å²) in [6, 6.07) is 20.5. The maximum absolute atomic E-state index is 12.4. The third-order valence-electron chi connectivity index (χ3n) is 3.63. The molecule has 0 spiro atoms. The Kier molecular flexibility index (Phi) is 4.34. The second kappa shape index (κ2) is 6.75. The van der Waals surface area contributed by atoms with Crippen molar-refractivity contribution in [3.05, 3.63) is 66.5 Å². The van der Waals surface area contributed by atoms with Crippen molar-refractivity contribution in [2.45, 2.75) is 5.92 Å². The normalized spacial score (nSPS) is 11.5. The summed E-state index contributed by atoms with van der Waals surface area (Å²) in [6.07, 6.45) is 0. The van der Waals surface area contributed by atoms with Crippen LogP contribution in [0.25, 0.3) is 11.4 Å². The Hall–Kier alpha value is -3.46. The number of aromatic nitrogens is 3. The van der Waals surface area contributed by atoms with Gasteiger partial charge in [-0.05, 0) is 12.1 Å². The summed E-state index contributed by atoms with van der Waals surface area (Å²) in [5.74, 6) is -0.554. The zero-order valence-electron chi connectivity index (χ0n) is 13.0. The van der Waals surface area contributed by atoms with E-state index in [1.165, 1.54) is 0 Å². The fourth-order valence-electron chi connectivity index (χ4n) is 2.40. The Labute approximate surface area is 139 Å². The van der Waals surface area contributed by atoms with E-state index in [-0.39, 0.29) is 0 Å². The molecule has 3 aromatic rings. The number of carbonyl (C=O) groups is 1. The summed E-state index contributed by atoms with van der Waals surface area (Å²) < 4.78 is 1.67. The van der Waals surface area contributed by atoms with Gasteiger partial charge in [0.1, 0.15) is 0 Å². The molecule has 0 saturated carbocycles. The van der Waals surface area contributed by atoms with Gasteiger partial charge < -0.3 is 9.88 Å². The van der Waals surface area contributed by atoms with Crippen molar-refractivity contribution < 1.29 is 4.79 Å². The first-order chi connectivity index (χ1) is 11.7. The SMILES string of the molecule is Cn1c(-c2ccccc2)nnc1[C@@H](C#N)C(=O)Nc1ccccc1. The number of hydrogen-bond acceptors (Lipinski definition) is 4. The zero-order valence-corrected chi connectivity index (χ0v) is 13.0. The van der Waals surface area contributed by atoms with Crippen LogP contribution >= 0.6 is 0 Å². The molecule has 6 nitrogen and oxygen atoms in total. The molecule has 0 aliphatic rings. The predicted octanol–water partition coefficient (Wildman–Crippen LogP) is 2.73. The molecule has 24 heavy (non-hydrogen) atoms. The molecule has 3 rings (SSSR count). The molecule has 6 heteroatoms. The minimum Gasteiger partial charge on any atom is -0.325 e. The highest BCUT2D eigenvalue weighted by Crippen LogP contribution is 2.22. The third kappa shape index (κ3) is 3.01. The van der Waals surface area contributed by atoms with Crippen molar-refractivity contribution in [2.24, 2.45) is 7.05 Å². The Bertz CT molecular complexity index is 881. The van der Waals surface area contributed by atoms with Crippen LogP contribution in [0.3, 0.4) is 0 Å². The molecule has 0 bridgehead atoms. The maximum Gasteiger partial charge on any atom is 0.249 e. The van der Waals surface area contributed by atoms with Crippen LogP contribution < -0.4 is 5.32 Å². The standard InChI is InChI=1S/C18H15N5O/c1-23-16(13-8-4-2-5-9-13)21-22-17(23)15(12-19)18(24)20-14-10-6-3-7-11-14/h2-11,15H,1H3,(H,20,24)/t15-/m1/s1. The molecule has 1 heterocycles. The number of nitrogens with one attached hydrogen (secondary N) is 1. The van der Waals surface area contributed by atoms with Gasteiger partial charge in [-0.25, -0.2) is 0 Å². The van der Waals surface area contributed by atoms with Gasteiger partial charge in [-0.2, -0.15) is 5.26 Å². The summed E-state index contributed by atoms with van der Waals surface area (Å²) in [7, 11) is 1.75. The second-order valence-electron chi connectivity index (χ2n) is 5.22. The largest absolute Gasteiger partial charge is 0.325 e. The van der Waals surface area contributed by atoms with E-state index < -0.39 is 11.8 Å². The van der Waals surface area contributed by atoms with Gasteiger partial charge in [0.15, 0.2) is 17.6 Å². The van der Waals surface area contributed by atoms with Crippen LogP contribution in [-0.4, -0.2) is 20.7 Å². The summed E-state index contributed by atoms with van der Waals surface area (Å²) in [5.41, 5.74) is 1.51. The molecule has 0 saturated heterocycles. The van der Waals surface area contributed by atoms with E-state index in [1.54, 1.807) is 23.7 Å². The lowest BCUT2D eigenvalue weighted by molar-refractivity contribution is -0.116. The minimum atomic E-state index is -1.04. The lowest BCUT2D eigenvalue weighted by atomic mass is 10.1. The first kappa shape index (κ1) is 15.4. The molecule has 0 aliphatic carbocycles. The quantitative estimate of drug-likeness (QED) is 0.802. The molecule has 118 valence electrons. The number of rotatable bonds is 4. The van der Waals surface area contributed by atoms with E-state index in [2.05, 4.69) is 15.5 Å². The van der Waals surface area contributed by atoms with Crippen LogP contribution in [0.15, 0.2) is 60.7 Å². The third-order valence-corrected chi connectivity index (χ3v) is 3.63. The molecule has 0 unspecified atom stereocenters. The van der Waals surface area contributed by atoms with Crippen LogP contribution in [0.4, 0.5) is 5.69 Å². The smallest absolute Gasteiger partial charge is 0.249 e. The van der Waals surface area contributed by atoms with Gasteiger partial charge in [0.25, 0.3) is 0 Å². The Balaban J connectivity index is 1.88. The van der Waals surface area contributed by atoms with E-state index in [0.717, 1.165) is 5.56 Å². The van der Waals surface area contributed by atoms with Crippen molar-refractivity contribution in [1.82, 2.24) is 14.8 Å². The number of benzene rings is 2. The molecule has 1 atom stereocenters. The summed E-state index contributed by atoms with van der Waals surface area (Å²) in [6.45, 7) is 0. The van der Waals surface area contributed by atoms with E-state index in [1.807, 2.05) is 54.6 Å². The monoisotopic (exact) mass is 317 g/mol. The lowest BCUT2D eigenvalue weighted by Crippen LogP contribution is -2.22. The van der Waals surface area contributed by atoms with Crippen molar-refractivity contribution in [3.8, 4) is 17.5 Å². The summed E-state index contributed by atoms with van der Waals surface area (Å²) in [4.78, 5) is 12.4. The zero-order chi connectivity index (χ0) is 16.9. The van der Waals surface area contributed by atoms with Crippen LogP contribution in [0.1, 0.15) is 11.7 Å². The highest BCUT2D eigenvalue weighted by Gasteiger charge is 2.27. The molecule has 0 fully saturated rings. The molecular weight excluding hydrogens is 302 g/mol. The molecule has 2 aromatic carbocycles. The average Bonchev–Trinajstić information content (AvgIpc) is 2.99. The lowest BCUT2D eigenvalue weighted by Gasteiger charge is -2.10. The molecule has 1 aromatic heterocycles. The molecule has 0 radical (unpaired) electrons. The van der Waals surface area contributed by atoms with Crippen molar-refractivity contribution >= 4 is 11.6 Å². The highest BCUT2D eigenvalue weighted by molar-refractivity contribution is 5.97. The maximum atomic E-state index is 12.4. The Morgan fingerprint density at radius 2 is 1.71 bits per heavy atom. The van der Waals surface area contributed by atoms with Gasteiger partial charge in [0, 0.05) is 18.3 Å². The van der Waals surface area contributed by atoms with E-state index in [4.69, 9.17) is 0 Å². The minimum absolute atomic E-state index is 0.310. The van der Waals surface area contributed by atoms with Gasteiger partial charge in [-0.3, -0.25) is 4.79 Å². The van der Waals surface area contributed by atoms with Crippen LogP contribution in [0.2, 0.25) is 0 Å². The molecule has 0 aliphatic heterocycles. The molecular formula is C18H15N5O. The first-order valence-corrected chi connectivity index (χ1v) is 7.41. The highest BCUT2D eigenvalue weighted by atomic mass is 16.1. The molecule has 1 N–H and O–H groups in total.